The van der Waals surface area contributed by atoms with Gasteiger partial charge in [0.2, 0.25) is 5.91 Å². The Kier molecular flexibility index (Phi) is 3.12. The first-order valence-electron chi connectivity index (χ1n) is 6.76. The number of ether oxygens (including phenoxy) is 2. The molecule has 108 valence electrons. The fourth-order valence-corrected chi connectivity index (χ4v) is 4.75. The fourth-order valence-electron chi connectivity index (χ4n) is 3.21. The predicted octanol–water partition coefficient (Wildman–Crippen LogP) is 2.40. The number of thioether (sulfide) groups is 1. The number of fused-ring (bicyclic) bond motifs is 3. The zero-order valence-electron chi connectivity index (χ0n) is 12.2. The Hall–Kier alpha value is -1.36. The molecule has 20 heavy (non-hydrogen) atoms. The summed E-state index contributed by atoms with van der Waals surface area (Å²) in [6, 6.07) is 4.07. The Morgan fingerprint density at radius 2 is 1.95 bits per heavy atom. The molecule has 0 spiro atoms. The molecule has 1 aromatic carbocycles. The minimum absolute atomic E-state index is 0.0130. The molecule has 0 aromatic heterocycles. The van der Waals surface area contributed by atoms with Gasteiger partial charge in [-0.3, -0.25) is 4.79 Å². The standard InChI is InChI=1S/C15H19NO3S/c1-9-14(17)16-6-5-10-7-12(18-3)13(19-4)8-11(10)15(16,2)20-9/h7-9H,5-6H2,1-4H3. The van der Waals surface area contributed by atoms with E-state index in [1.54, 1.807) is 26.0 Å². The topological polar surface area (TPSA) is 38.8 Å². The monoisotopic (exact) mass is 293 g/mol. The number of hydrogen-bond acceptors (Lipinski definition) is 4. The van der Waals surface area contributed by atoms with Gasteiger partial charge in [0.25, 0.3) is 0 Å². The number of hydrogen-bond donors (Lipinski definition) is 0. The highest BCUT2D eigenvalue weighted by molar-refractivity contribution is 8.01. The summed E-state index contributed by atoms with van der Waals surface area (Å²) in [5.41, 5.74) is 2.42. The summed E-state index contributed by atoms with van der Waals surface area (Å²) in [6.45, 7) is 4.88. The van der Waals surface area contributed by atoms with Gasteiger partial charge in [-0.15, -0.1) is 11.8 Å². The van der Waals surface area contributed by atoms with Crippen molar-refractivity contribution in [3.63, 3.8) is 0 Å². The van der Waals surface area contributed by atoms with Crippen LogP contribution in [0.3, 0.4) is 0 Å². The molecule has 2 aliphatic heterocycles. The number of carbonyl (C=O) groups is 1. The van der Waals surface area contributed by atoms with Crippen molar-refractivity contribution in [3.05, 3.63) is 23.3 Å². The molecule has 3 rings (SSSR count). The third-order valence-electron chi connectivity index (χ3n) is 4.25. The minimum atomic E-state index is -0.288. The zero-order valence-corrected chi connectivity index (χ0v) is 13.0. The lowest BCUT2D eigenvalue weighted by molar-refractivity contribution is -0.132. The first-order valence-corrected chi connectivity index (χ1v) is 7.64. The summed E-state index contributed by atoms with van der Waals surface area (Å²) in [6.07, 6.45) is 0.865. The van der Waals surface area contributed by atoms with E-state index in [1.165, 1.54) is 11.1 Å². The lowest BCUT2D eigenvalue weighted by Crippen LogP contribution is -2.45. The summed E-state index contributed by atoms with van der Waals surface area (Å²) >= 11 is 1.72. The van der Waals surface area contributed by atoms with Gasteiger partial charge in [-0.25, -0.2) is 0 Å². The van der Waals surface area contributed by atoms with Crippen LogP contribution in [0.15, 0.2) is 12.1 Å². The quantitative estimate of drug-likeness (QED) is 0.839. The van der Waals surface area contributed by atoms with Crippen LogP contribution in [0.2, 0.25) is 0 Å². The Labute approximate surface area is 123 Å². The highest BCUT2D eigenvalue weighted by Gasteiger charge is 2.50. The molecule has 4 nitrogen and oxygen atoms in total. The van der Waals surface area contributed by atoms with Crippen LogP contribution in [-0.2, 0) is 16.1 Å². The smallest absolute Gasteiger partial charge is 0.236 e. The molecule has 1 saturated heterocycles. The average molecular weight is 293 g/mol. The Morgan fingerprint density at radius 3 is 2.60 bits per heavy atom. The summed E-state index contributed by atoms with van der Waals surface area (Å²) in [5, 5.41) is 0.0130. The van der Waals surface area contributed by atoms with Crippen molar-refractivity contribution in [2.45, 2.75) is 30.4 Å². The van der Waals surface area contributed by atoms with Crippen LogP contribution in [0.4, 0.5) is 0 Å². The van der Waals surface area contributed by atoms with Crippen LogP contribution in [-0.4, -0.2) is 36.8 Å². The van der Waals surface area contributed by atoms with Gasteiger partial charge in [0, 0.05) is 6.54 Å². The highest BCUT2D eigenvalue weighted by atomic mass is 32.2. The number of amides is 1. The van der Waals surface area contributed by atoms with Crippen LogP contribution < -0.4 is 9.47 Å². The fraction of sp³-hybridized carbons (Fsp3) is 0.533. The Morgan fingerprint density at radius 1 is 1.30 bits per heavy atom. The van der Waals surface area contributed by atoms with Crippen LogP contribution in [0.5, 0.6) is 11.5 Å². The highest BCUT2D eigenvalue weighted by Crippen LogP contribution is 2.53. The van der Waals surface area contributed by atoms with Crippen molar-refractivity contribution in [1.29, 1.82) is 0 Å². The van der Waals surface area contributed by atoms with Crippen molar-refractivity contribution in [2.24, 2.45) is 0 Å². The second-order valence-corrected chi connectivity index (χ2v) is 7.08. The van der Waals surface area contributed by atoms with Gasteiger partial charge in [-0.1, -0.05) is 0 Å². The van der Waals surface area contributed by atoms with E-state index in [4.69, 9.17) is 9.47 Å². The van der Waals surface area contributed by atoms with E-state index in [9.17, 15) is 4.79 Å². The molecule has 0 saturated carbocycles. The SMILES string of the molecule is COc1cc2c(cc1OC)C1(C)SC(C)C(=O)N1CC2. The third kappa shape index (κ3) is 1.72. The summed E-state index contributed by atoms with van der Waals surface area (Å²) in [5.74, 6) is 1.71. The second-order valence-electron chi connectivity index (χ2n) is 5.35. The molecule has 0 radical (unpaired) electrons. The van der Waals surface area contributed by atoms with Crippen LogP contribution >= 0.6 is 11.8 Å². The average Bonchev–Trinajstić information content (AvgIpc) is 2.68. The molecular formula is C15H19NO3S. The maximum Gasteiger partial charge on any atom is 0.236 e. The lowest BCUT2D eigenvalue weighted by atomic mass is 9.92. The van der Waals surface area contributed by atoms with E-state index in [2.05, 4.69) is 6.92 Å². The van der Waals surface area contributed by atoms with Gasteiger partial charge in [0.15, 0.2) is 11.5 Å². The number of benzene rings is 1. The lowest BCUT2D eigenvalue weighted by Gasteiger charge is -2.40. The molecule has 2 unspecified atom stereocenters. The molecule has 5 heteroatoms. The van der Waals surface area contributed by atoms with Gasteiger partial charge in [0.1, 0.15) is 4.87 Å². The van der Waals surface area contributed by atoms with Gasteiger partial charge >= 0.3 is 0 Å². The largest absolute Gasteiger partial charge is 0.493 e. The second kappa shape index (κ2) is 4.58. The summed E-state index contributed by atoms with van der Waals surface area (Å²) < 4.78 is 10.8. The molecule has 0 aliphatic carbocycles. The van der Waals surface area contributed by atoms with E-state index in [0.29, 0.717) is 0 Å². The molecule has 2 heterocycles. The molecule has 1 fully saturated rings. The molecule has 2 atom stereocenters. The number of methoxy groups -OCH3 is 2. The summed E-state index contributed by atoms with van der Waals surface area (Å²) in [7, 11) is 3.29. The third-order valence-corrected chi connectivity index (χ3v) is 5.70. The maximum absolute atomic E-state index is 12.3. The Bertz CT molecular complexity index is 574. The van der Waals surface area contributed by atoms with E-state index < -0.39 is 0 Å². The van der Waals surface area contributed by atoms with Crippen LogP contribution in [0.25, 0.3) is 0 Å². The molecule has 1 aromatic rings. The molecular weight excluding hydrogens is 274 g/mol. The van der Waals surface area contributed by atoms with Gasteiger partial charge in [-0.05, 0) is 43.5 Å². The van der Waals surface area contributed by atoms with Crippen molar-refractivity contribution in [3.8, 4) is 11.5 Å². The molecule has 0 bridgehead atoms. The first-order chi connectivity index (χ1) is 9.51. The maximum atomic E-state index is 12.3. The first kappa shape index (κ1) is 13.6. The van der Waals surface area contributed by atoms with E-state index in [0.717, 1.165) is 24.5 Å². The van der Waals surface area contributed by atoms with Crippen molar-refractivity contribution < 1.29 is 14.3 Å². The van der Waals surface area contributed by atoms with Crippen molar-refractivity contribution in [2.75, 3.05) is 20.8 Å². The Balaban J connectivity index is 2.15. The van der Waals surface area contributed by atoms with E-state index >= 15 is 0 Å². The van der Waals surface area contributed by atoms with Crippen LogP contribution in [0, 0.1) is 0 Å². The molecule has 1 amide bonds. The van der Waals surface area contributed by atoms with E-state index in [1.807, 2.05) is 24.0 Å². The normalized spacial score (nSPS) is 28.1. The summed E-state index contributed by atoms with van der Waals surface area (Å²) in [4.78, 5) is 14.0. The van der Waals surface area contributed by atoms with Crippen molar-refractivity contribution in [1.82, 2.24) is 4.90 Å². The predicted molar refractivity (Wildman–Crippen MR) is 79.4 cm³/mol. The van der Waals surface area contributed by atoms with Crippen molar-refractivity contribution >= 4 is 17.7 Å². The van der Waals surface area contributed by atoms with E-state index in [-0.39, 0.29) is 16.0 Å². The number of rotatable bonds is 2. The van der Waals surface area contributed by atoms with Gasteiger partial charge in [0.05, 0.1) is 19.5 Å². The number of carbonyl (C=O) groups excluding carboxylic acids is 1. The van der Waals surface area contributed by atoms with Gasteiger partial charge in [-0.2, -0.15) is 0 Å². The minimum Gasteiger partial charge on any atom is -0.493 e. The molecule has 2 aliphatic rings. The zero-order chi connectivity index (χ0) is 14.5. The van der Waals surface area contributed by atoms with Crippen LogP contribution in [0.1, 0.15) is 25.0 Å². The number of nitrogens with zero attached hydrogens (tertiary/aromatic N) is 1. The molecule has 0 N–H and O–H groups in total. The van der Waals surface area contributed by atoms with Gasteiger partial charge < -0.3 is 14.4 Å².